The molecule has 0 aliphatic heterocycles. The zero-order valence-electron chi connectivity index (χ0n) is 12.2. The largest absolute Gasteiger partial charge is 0.480 e. The molecular formula is C14H23N3O3. The first-order chi connectivity index (χ1) is 9.45. The van der Waals surface area contributed by atoms with Gasteiger partial charge in [-0.05, 0) is 26.7 Å². The minimum atomic E-state index is -1.14. The zero-order valence-corrected chi connectivity index (χ0v) is 12.2. The highest BCUT2D eigenvalue weighted by atomic mass is 16.4. The van der Waals surface area contributed by atoms with Crippen molar-refractivity contribution in [3.63, 3.8) is 0 Å². The van der Waals surface area contributed by atoms with Crippen LogP contribution in [-0.2, 0) is 4.79 Å². The fourth-order valence-corrected chi connectivity index (χ4v) is 2.56. The molecule has 0 spiro atoms. The van der Waals surface area contributed by atoms with Crippen LogP contribution in [0.5, 0.6) is 0 Å². The highest BCUT2D eigenvalue weighted by molar-refractivity contribution is 5.86. The monoisotopic (exact) mass is 281 g/mol. The molecule has 20 heavy (non-hydrogen) atoms. The summed E-state index contributed by atoms with van der Waals surface area (Å²) in [6.45, 7) is 4.32. The van der Waals surface area contributed by atoms with Crippen molar-refractivity contribution in [1.29, 1.82) is 5.26 Å². The third-order valence-corrected chi connectivity index (χ3v) is 3.85. The number of urea groups is 1. The SMILES string of the molecule is CCN(CC(C)C#N)C(=O)NC1(C(=O)O)CCCCC1. The van der Waals surface area contributed by atoms with E-state index < -0.39 is 11.5 Å². The van der Waals surface area contributed by atoms with Crippen LogP contribution in [0.4, 0.5) is 4.79 Å². The number of nitrogens with one attached hydrogen (secondary N) is 1. The molecule has 0 aromatic carbocycles. The van der Waals surface area contributed by atoms with Gasteiger partial charge in [-0.25, -0.2) is 9.59 Å². The van der Waals surface area contributed by atoms with Gasteiger partial charge in [0, 0.05) is 13.1 Å². The lowest BCUT2D eigenvalue weighted by atomic mass is 9.82. The summed E-state index contributed by atoms with van der Waals surface area (Å²) in [6.07, 6.45) is 3.58. The first kappa shape index (κ1) is 16.3. The fraction of sp³-hybridized carbons (Fsp3) is 0.786. The summed E-state index contributed by atoms with van der Waals surface area (Å²) < 4.78 is 0. The van der Waals surface area contributed by atoms with Crippen molar-refractivity contribution in [3.05, 3.63) is 0 Å². The minimum absolute atomic E-state index is 0.271. The molecule has 0 aromatic rings. The third-order valence-electron chi connectivity index (χ3n) is 3.85. The number of carboxylic acid groups (broad SMARTS) is 1. The Kier molecular flexibility index (Phi) is 5.81. The van der Waals surface area contributed by atoms with Gasteiger partial charge in [-0.1, -0.05) is 19.3 Å². The van der Waals surface area contributed by atoms with Crippen LogP contribution in [0.2, 0.25) is 0 Å². The molecule has 2 N–H and O–H groups in total. The molecule has 0 heterocycles. The maximum absolute atomic E-state index is 12.2. The average Bonchev–Trinajstić information content (AvgIpc) is 2.45. The summed E-state index contributed by atoms with van der Waals surface area (Å²) in [5, 5.41) is 20.9. The number of amides is 2. The highest BCUT2D eigenvalue weighted by Crippen LogP contribution is 2.28. The number of hydrogen-bond donors (Lipinski definition) is 2. The molecule has 6 nitrogen and oxygen atoms in total. The molecule has 0 saturated heterocycles. The molecule has 112 valence electrons. The molecule has 1 saturated carbocycles. The van der Waals surface area contributed by atoms with E-state index in [9.17, 15) is 14.7 Å². The average molecular weight is 281 g/mol. The van der Waals surface area contributed by atoms with E-state index in [1.807, 2.05) is 6.92 Å². The quantitative estimate of drug-likeness (QED) is 0.805. The van der Waals surface area contributed by atoms with E-state index in [1.54, 1.807) is 6.92 Å². The molecule has 2 amide bonds. The number of nitrogens with zero attached hydrogens (tertiary/aromatic N) is 2. The Labute approximate surface area is 119 Å². The maximum atomic E-state index is 12.2. The second kappa shape index (κ2) is 7.13. The van der Waals surface area contributed by atoms with Gasteiger partial charge in [0.05, 0.1) is 12.0 Å². The highest BCUT2D eigenvalue weighted by Gasteiger charge is 2.41. The molecule has 1 fully saturated rings. The topological polar surface area (TPSA) is 93.4 Å². The van der Waals surface area contributed by atoms with Crippen LogP contribution >= 0.6 is 0 Å². The van der Waals surface area contributed by atoms with Crippen LogP contribution in [0.3, 0.4) is 0 Å². The number of aliphatic carboxylic acids is 1. The van der Waals surface area contributed by atoms with E-state index in [0.717, 1.165) is 19.3 Å². The van der Waals surface area contributed by atoms with Crippen LogP contribution in [-0.4, -0.2) is 40.6 Å². The Balaban J connectivity index is 2.74. The van der Waals surface area contributed by atoms with E-state index >= 15 is 0 Å². The van der Waals surface area contributed by atoms with Gasteiger partial charge in [0.2, 0.25) is 0 Å². The van der Waals surface area contributed by atoms with Crippen molar-refractivity contribution in [1.82, 2.24) is 10.2 Å². The van der Waals surface area contributed by atoms with E-state index in [0.29, 0.717) is 25.9 Å². The fourth-order valence-electron chi connectivity index (χ4n) is 2.56. The maximum Gasteiger partial charge on any atom is 0.329 e. The smallest absolute Gasteiger partial charge is 0.329 e. The Morgan fingerprint density at radius 1 is 1.40 bits per heavy atom. The van der Waals surface area contributed by atoms with Crippen LogP contribution < -0.4 is 5.32 Å². The molecular weight excluding hydrogens is 258 g/mol. The van der Waals surface area contributed by atoms with Gasteiger partial charge in [-0.2, -0.15) is 5.26 Å². The van der Waals surface area contributed by atoms with Gasteiger partial charge in [-0.3, -0.25) is 0 Å². The molecule has 1 aliphatic carbocycles. The summed E-state index contributed by atoms with van der Waals surface area (Å²) in [4.78, 5) is 25.3. The number of rotatable bonds is 5. The summed E-state index contributed by atoms with van der Waals surface area (Å²) in [5.41, 5.74) is -1.14. The molecule has 0 radical (unpaired) electrons. The van der Waals surface area contributed by atoms with E-state index in [4.69, 9.17) is 5.26 Å². The summed E-state index contributed by atoms with van der Waals surface area (Å²) in [5.74, 6) is -1.23. The Morgan fingerprint density at radius 3 is 2.45 bits per heavy atom. The third kappa shape index (κ3) is 3.86. The molecule has 0 aromatic heterocycles. The number of carboxylic acids is 1. The Bertz CT molecular complexity index is 397. The lowest BCUT2D eigenvalue weighted by Crippen LogP contribution is -2.59. The van der Waals surface area contributed by atoms with Crippen LogP contribution in [0.25, 0.3) is 0 Å². The van der Waals surface area contributed by atoms with Gasteiger partial charge in [0.25, 0.3) is 0 Å². The lowest BCUT2D eigenvalue weighted by Gasteiger charge is -2.36. The van der Waals surface area contributed by atoms with Gasteiger partial charge in [0.15, 0.2) is 0 Å². The number of hydrogen-bond acceptors (Lipinski definition) is 3. The lowest BCUT2D eigenvalue weighted by molar-refractivity contribution is -0.146. The predicted octanol–water partition coefficient (Wildman–Crippen LogP) is 1.97. The van der Waals surface area contributed by atoms with Crippen LogP contribution in [0.1, 0.15) is 46.0 Å². The second-order valence-corrected chi connectivity index (χ2v) is 5.45. The first-order valence-corrected chi connectivity index (χ1v) is 7.15. The molecule has 1 rings (SSSR count). The van der Waals surface area contributed by atoms with Crippen molar-refractivity contribution < 1.29 is 14.7 Å². The number of nitriles is 1. The minimum Gasteiger partial charge on any atom is -0.480 e. The van der Waals surface area contributed by atoms with Crippen LogP contribution in [0, 0.1) is 17.2 Å². The van der Waals surface area contributed by atoms with E-state index in [-0.39, 0.29) is 11.9 Å². The van der Waals surface area contributed by atoms with Gasteiger partial charge in [0.1, 0.15) is 5.54 Å². The van der Waals surface area contributed by atoms with Gasteiger partial charge < -0.3 is 15.3 Å². The number of carbonyl (C=O) groups is 2. The van der Waals surface area contributed by atoms with Crippen molar-refractivity contribution in [2.45, 2.75) is 51.5 Å². The van der Waals surface area contributed by atoms with Gasteiger partial charge >= 0.3 is 12.0 Å². The molecule has 1 aliphatic rings. The predicted molar refractivity (Wildman–Crippen MR) is 74.0 cm³/mol. The standard InChI is InChI=1S/C14H23N3O3/c1-3-17(10-11(2)9-15)13(20)16-14(12(18)19)7-5-4-6-8-14/h11H,3-8,10H2,1-2H3,(H,16,20)(H,18,19). The molecule has 0 bridgehead atoms. The Morgan fingerprint density at radius 2 is 2.00 bits per heavy atom. The van der Waals surface area contributed by atoms with Crippen molar-refractivity contribution in [2.24, 2.45) is 5.92 Å². The van der Waals surface area contributed by atoms with E-state index in [1.165, 1.54) is 4.90 Å². The number of carbonyl (C=O) groups excluding carboxylic acids is 1. The second-order valence-electron chi connectivity index (χ2n) is 5.45. The Hall–Kier alpha value is -1.77. The van der Waals surface area contributed by atoms with Crippen molar-refractivity contribution in [2.75, 3.05) is 13.1 Å². The molecule has 1 atom stereocenters. The zero-order chi connectivity index (χ0) is 15.2. The van der Waals surface area contributed by atoms with Gasteiger partial charge in [-0.15, -0.1) is 0 Å². The van der Waals surface area contributed by atoms with Crippen molar-refractivity contribution >= 4 is 12.0 Å². The normalized spacial score (nSPS) is 18.6. The summed E-state index contributed by atoms with van der Waals surface area (Å²) >= 11 is 0. The summed E-state index contributed by atoms with van der Waals surface area (Å²) in [7, 11) is 0. The van der Waals surface area contributed by atoms with E-state index in [2.05, 4.69) is 11.4 Å². The molecule has 6 heteroatoms. The molecule has 1 unspecified atom stereocenters. The van der Waals surface area contributed by atoms with Crippen LogP contribution in [0.15, 0.2) is 0 Å². The summed E-state index contributed by atoms with van der Waals surface area (Å²) in [6, 6.07) is 1.69. The first-order valence-electron chi connectivity index (χ1n) is 7.15. The van der Waals surface area contributed by atoms with Crippen molar-refractivity contribution in [3.8, 4) is 6.07 Å².